The fourth-order valence-electron chi connectivity index (χ4n) is 3.30. The van der Waals surface area contributed by atoms with Crippen LogP contribution in [-0.4, -0.2) is 42.4 Å². The van der Waals surface area contributed by atoms with Crippen molar-refractivity contribution < 1.29 is 9.59 Å². The highest BCUT2D eigenvalue weighted by atomic mass is 16.2. The molecule has 2 atom stereocenters. The Hall–Kier alpha value is -1.88. The topological polar surface area (TPSA) is 61.4 Å². The van der Waals surface area contributed by atoms with Crippen molar-refractivity contribution in [3.05, 3.63) is 35.4 Å². The maximum absolute atomic E-state index is 12.7. The molecule has 2 N–H and O–H groups in total. The lowest BCUT2D eigenvalue weighted by atomic mass is 9.95. The second-order valence-electron chi connectivity index (χ2n) is 5.71. The van der Waals surface area contributed by atoms with Crippen LogP contribution < -0.4 is 10.6 Å². The van der Waals surface area contributed by atoms with E-state index in [0.29, 0.717) is 19.5 Å². The molecule has 2 aliphatic heterocycles. The minimum atomic E-state index is -0.304. The van der Waals surface area contributed by atoms with Crippen molar-refractivity contribution in [1.29, 1.82) is 0 Å². The number of nitrogens with one attached hydrogen (secondary N) is 2. The number of likely N-dealkylation sites (N-methyl/N-ethyl adjacent to an activating group) is 1. The molecule has 5 heteroatoms. The van der Waals surface area contributed by atoms with E-state index in [0.717, 1.165) is 12.8 Å². The summed E-state index contributed by atoms with van der Waals surface area (Å²) in [7, 11) is 1.62. The first-order valence-electron chi connectivity index (χ1n) is 7.53. The molecule has 0 saturated carbocycles. The van der Waals surface area contributed by atoms with E-state index in [1.54, 1.807) is 11.9 Å². The van der Waals surface area contributed by atoms with Crippen molar-refractivity contribution in [3.8, 4) is 0 Å². The lowest BCUT2D eigenvalue weighted by Crippen LogP contribution is -2.53. The van der Waals surface area contributed by atoms with Crippen LogP contribution in [0.2, 0.25) is 0 Å². The van der Waals surface area contributed by atoms with Gasteiger partial charge in [-0.25, -0.2) is 0 Å². The predicted octanol–water partition coefficient (Wildman–Crippen LogP) is 0.438. The number of amides is 2. The summed E-state index contributed by atoms with van der Waals surface area (Å²) in [6, 6.07) is 7.68. The lowest BCUT2D eigenvalue weighted by Gasteiger charge is -2.31. The number of benzene rings is 1. The Bertz CT molecular complexity index is 558. The second kappa shape index (κ2) is 5.85. The first-order valence-corrected chi connectivity index (χ1v) is 7.53. The maximum atomic E-state index is 12.7. The normalized spacial score (nSPS) is 24.5. The summed E-state index contributed by atoms with van der Waals surface area (Å²) in [6.45, 7) is 1.39. The van der Waals surface area contributed by atoms with Crippen molar-refractivity contribution in [2.75, 3.05) is 13.6 Å². The molecule has 1 fully saturated rings. The summed E-state index contributed by atoms with van der Waals surface area (Å²) in [5.74, 6) is -0.00679. The van der Waals surface area contributed by atoms with E-state index in [1.165, 1.54) is 11.1 Å². The maximum Gasteiger partial charge on any atom is 0.242 e. The summed E-state index contributed by atoms with van der Waals surface area (Å²) in [4.78, 5) is 26.3. The molecule has 1 saturated heterocycles. The molecule has 112 valence electrons. The average Bonchev–Trinajstić information content (AvgIpc) is 3.02. The van der Waals surface area contributed by atoms with E-state index >= 15 is 0 Å². The first kappa shape index (κ1) is 14.1. The van der Waals surface area contributed by atoms with Gasteiger partial charge in [0.05, 0.1) is 6.04 Å². The molecule has 2 heterocycles. The number of carbonyl (C=O) groups excluding carboxylic acids is 2. The van der Waals surface area contributed by atoms with E-state index in [1.807, 2.05) is 12.1 Å². The van der Waals surface area contributed by atoms with Crippen LogP contribution in [0.4, 0.5) is 0 Å². The third-order valence-electron chi connectivity index (χ3n) is 4.46. The van der Waals surface area contributed by atoms with Crippen LogP contribution in [0.5, 0.6) is 0 Å². The van der Waals surface area contributed by atoms with Gasteiger partial charge in [-0.1, -0.05) is 24.3 Å². The molecule has 0 radical (unpaired) electrons. The van der Waals surface area contributed by atoms with E-state index in [2.05, 4.69) is 22.8 Å². The quantitative estimate of drug-likeness (QED) is 0.829. The average molecular weight is 287 g/mol. The molecule has 1 aromatic rings. The van der Waals surface area contributed by atoms with Crippen molar-refractivity contribution in [3.63, 3.8) is 0 Å². The van der Waals surface area contributed by atoms with Crippen LogP contribution in [0, 0.1) is 0 Å². The molecule has 2 amide bonds. The van der Waals surface area contributed by atoms with Crippen LogP contribution in [-0.2, 0) is 22.6 Å². The molecular weight excluding hydrogens is 266 g/mol. The fourth-order valence-corrected chi connectivity index (χ4v) is 3.30. The van der Waals surface area contributed by atoms with Gasteiger partial charge in [0.2, 0.25) is 11.8 Å². The van der Waals surface area contributed by atoms with Crippen LogP contribution in [0.1, 0.15) is 24.0 Å². The van der Waals surface area contributed by atoms with E-state index in [4.69, 9.17) is 0 Å². The molecule has 2 unspecified atom stereocenters. The molecule has 0 bridgehead atoms. The number of nitrogens with zero attached hydrogens (tertiary/aromatic N) is 1. The highest BCUT2D eigenvalue weighted by Gasteiger charge is 2.37. The molecule has 3 rings (SSSR count). The van der Waals surface area contributed by atoms with Gasteiger partial charge >= 0.3 is 0 Å². The zero-order valence-corrected chi connectivity index (χ0v) is 12.3. The number of likely N-dealkylation sites (tertiary alicyclic amines) is 1. The van der Waals surface area contributed by atoms with Crippen molar-refractivity contribution >= 4 is 11.8 Å². The molecule has 0 aromatic heterocycles. The highest BCUT2D eigenvalue weighted by molar-refractivity contribution is 5.90. The summed E-state index contributed by atoms with van der Waals surface area (Å²) < 4.78 is 0. The third kappa shape index (κ3) is 2.65. The first-order chi connectivity index (χ1) is 10.2. The Morgan fingerprint density at radius 2 is 2.05 bits per heavy atom. The van der Waals surface area contributed by atoms with Gasteiger partial charge in [0.15, 0.2) is 0 Å². The molecule has 0 aliphatic carbocycles. The number of hydrogen-bond donors (Lipinski definition) is 2. The third-order valence-corrected chi connectivity index (χ3v) is 4.46. The molecule has 0 spiro atoms. The minimum absolute atomic E-state index is 0.0515. The van der Waals surface area contributed by atoms with Crippen LogP contribution in [0.15, 0.2) is 24.3 Å². The SMILES string of the molecule is CNC(=O)C1CCCN1C(=O)C1Cc2ccccc2CN1. The molecule has 2 aliphatic rings. The van der Waals surface area contributed by atoms with E-state index in [-0.39, 0.29) is 23.9 Å². The standard InChI is InChI=1S/C16H21N3O2/c1-17-15(20)14-7-4-8-19(14)16(21)13-9-11-5-2-3-6-12(11)10-18-13/h2-3,5-6,13-14,18H,4,7-10H2,1H3,(H,17,20). The lowest BCUT2D eigenvalue weighted by molar-refractivity contribution is -0.140. The van der Waals surface area contributed by atoms with Crippen LogP contribution >= 0.6 is 0 Å². The Labute approximate surface area is 124 Å². The van der Waals surface area contributed by atoms with Gasteiger partial charge in [-0.15, -0.1) is 0 Å². The van der Waals surface area contributed by atoms with Gasteiger partial charge in [0, 0.05) is 20.1 Å². The molecular formula is C16H21N3O2. The largest absolute Gasteiger partial charge is 0.357 e. The molecule has 21 heavy (non-hydrogen) atoms. The summed E-state index contributed by atoms with van der Waals surface area (Å²) in [5, 5.41) is 5.96. The smallest absolute Gasteiger partial charge is 0.242 e. The zero-order valence-electron chi connectivity index (χ0n) is 12.3. The Balaban J connectivity index is 1.73. The van der Waals surface area contributed by atoms with Crippen molar-refractivity contribution in [2.24, 2.45) is 0 Å². The van der Waals surface area contributed by atoms with E-state index < -0.39 is 0 Å². The summed E-state index contributed by atoms with van der Waals surface area (Å²) >= 11 is 0. The van der Waals surface area contributed by atoms with Gasteiger partial charge in [0.1, 0.15) is 6.04 Å². The van der Waals surface area contributed by atoms with Crippen molar-refractivity contribution in [2.45, 2.75) is 37.9 Å². The predicted molar refractivity (Wildman–Crippen MR) is 79.6 cm³/mol. The number of fused-ring (bicyclic) bond motifs is 1. The Morgan fingerprint density at radius 1 is 1.29 bits per heavy atom. The molecule has 5 nitrogen and oxygen atoms in total. The van der Waals surface area contributed by atoms with Crippen LogP contribution in [0.25, 0.3) is 0 Å². The Kier molecular flexibility index (Phi) is 3.92. The molecule has 1 aromatic carbocycles. The van der Waals surface area contributed by atoms with Crippen molar-refractivity contribution in [1.82, 2.24) is 15.5 Å². The van der Waals surface area contributed by atoms with Gasteiger partial charge < -0.3 is 15.5 Å². The fraction of sp³-hybridized carbons (Fsp3) is 0.500. The summed E-state index contributed by atoms with van der Waals surface area (Å²) in [5.41, 5.74) is 2.48. The minimum Gasteiger partial charge on any atom is -0.357 e. The van der Waals surface area contributed by atoms with E-state index in [9.17, 15) is 9.59 Å². The van der Waals surface area contributed by atoms with Crippen LogP contribution in [0.3, 0.4) is 0 Å². The zero-order chi connectivity index (χ0) is 14.8. The highest BCUT2D eigenvalue weighted by Crippen LogP contribution is 2.22. The van der Waals surface area contributed by atoms with Gasteiger partial charge in [-0.2, -0.15) is 0 Å². The second-order valence-corrected chi connectivity index (χ2v) is 5.71. The van der Waals surface area contributed by atoms with Gasteiger partial charge in [-0.3, -0.25) is 9.59 Å². The van der Waals surface area contributed by atoms with Gasteiger partial charge in [-0.05, 0) is 30.4 Å². The van der Waals surface area contributed by atoms with Gasteiger partial charge in [0.25, 0.3) is 0 Å². The summed E-state index contributed by atoms with van der Waals surface area (Å²) in [6.07, 6.45) is 2.35. The number of carbonyl (C=O) groups is 2. The Morgan fingerprint density at radius 3 is 2.81 bits per heavy atom. The number of rotatable bonds is 2. The number of hydrogen-bond acceptors (Lipinski definition) is 3. The monoisotopic (exact) mass is 287 g/mol.